The number of nitrogens with one attached hydrogen (secondary N) is 1. The summed E-state index contributed by atoms with van der Waals surface area (Å²) >= 11 is 1.86. The van der Waals surface area contributed by atoms with E-state index in [-0.39, 0.29) is 17.7 Å². The van der Waals surface area contributed by atoms with Crippen LogP contribution in [0.1, 0.15) is 45.6 Å². The Kier molecular flexibility index (Phi) is 6.72. The number of hydrogen-bond acceptors (Lipinski definition) is 3. The smallest absolute Gasteiger partial charge is 0.229 e. The number of rotatable bonds is 5. The van der Waals surface area contributed by atoms with Crippen molar-refractivity contribution in [2.75, 3.05) is 18.4 Å². The van der Waals surface area contributed by atoms with Gasteiger partial charge in [-0.1, -0.05) is 13.8 Å². The summed E-state index contributed by atoms with van der Waals surface area (Å²) in [5.74, 6) is -0.0438. The van der Waals surface area contributed by atoms with Crippen molar-refractivity contribution in [3.05, 3.63) is 23.8 Å². The van der Waals surface area contributed by atoms with E-state index in [1.807, 2.05) is 24.8 Å². The molecule has 1 heterocycles. The first-order valence-electron chi connectivity index (χ1n) is 8.74. The molecule has 1 saturated heterocycles. The van der Waals surface area contributed by atoms with Gasteiger partial charge in [0.25, 0.3) is 0 Å². The van der Waals surface area contributed by atoms with E-state index >= 15 is 0 Å². The van der Waals surface area contributed by atoms with E-state index in [1.165, 1.54) is 4.90 Å². The van der Waals surface area contributed by atoms with Crippen LogP contribution in [-0.4, -0.2) is 35.1 Å². The number of hydrogen-bond donors (Lipinski definition) is 1. The Morgan fingerprint density at radius 2 is 2.17 bits per heavy atom. The summed E-state index contributed by atoms with van der Waals surface area (Å²) in [7, 11) is 0. The molecule has 0 radical (unpaired) electrons. The zero-order valence-electron chi connectivity index (χ0n) is 15.1. The quantitative estimate of drug-likeness (QED) is 0.816. The van der Waals surface area contributed by atoms with Crippen LogP contribution in [0, 0.1) is 12.8 Å². The van der Waals surface area contributed by atoms with Crippen molar-refractivity contribution in [1.29, 1.82) is 0 Å². The van der Waals surface area contributed by atoms with Crippen LogP contribution in [0.4, 0.5) is 5.69 Å². The molecule has 1 fully saturated rings. The lowest BCUT2D eigenvalue weighted by Crippen LogP contribution is -2.42. The maximum atomic E-state index is 12.5. The van der Waals surface area contributed by atoms with Gasteiger partial charge in [0.1, 0.15) is 0 Å². The lowest BCUT2D eigenvalue weighted by Gasteiger charge is -2.31. The molecule has 2 amide bonds. The first-order chi connectivity index (χ1) is 11.4. The molecule has 2 rings (SSSR count). The highest BCUT2D eigenvalue weighted by molar-refractivity contribution is 7.99. The summed E-state index contributed by atoms with van der Waals surface area (Å²) in [6.45, 7) is 9.30. The van der Waals surface area contributed by atoms with E-state index < -0.39 is 0 Å². The molecule has 1 aromatic rings. The largest absolute Gasteiger partial charge is 0.342 e. The van der Waals surface area contributed by atoms with Gasteiger partial charge in [-0.15, -0.1) is 11.8 Å². The second-order valence-electron chi connectivity index (χ2n) is 6.61. The highest BCUT2D eigenvalue weighted by Gasteiger charge is 2.27. The minimum Gasteiger partial charge on any atom is -0.342 e. The zero-order valence-corrected chi connectivity index (χ0v) is 15.9. The first kappa shape index (κ1) is 18.8. The Balaban J connectivity index is 1.99. The molecular formula is C19H28N2O2S. The number of piperidine rings is 1. The van der Waals surface area contributed by atoms with Crippen LogP contribution < -0.4 is 5.32 Å². The molecule has 5 heteroatoms. The minimum absolute atomic E-state index is 0.0198. The van der Waals surface area contributed by atoms with Crippen LogP contribution in [0.2, 0.25) is 0 Å². The molecule has 1 aromatic carbocycles. The van der Waals surface area contributed by atoms with Gasteiger partial charge in [0.05, 0.1) is 5.92 Å². The molecule has 0 unspecified atom stereocenters. The van der Waals surface area contributed by atoms with Crippen molar-refractivity contribution in [3.8, 4) is 0 Å². The van der Waals surface area contributed by atoms with E-state index in [0.29, 0.717) is 11.8 Å². The van der Waals surface area contributed by atoms with Crippen molar-refractivity contribution in [1.82, 2.24) is 4.90 Å². The van der Waals surface area contributed by atoms with Gasteiger partial charge in [-0.3, -0.25) is 9.59 Å². The summed E-state index contributed by atoms with van der Waals surface area (Å²) in [5.41, 5.74) is 1.95. The third-order valence-corrected chi connectivity index (χ3v) is 5.87. The fourth-order valence-electron chi connectivity index (χ4n) is 2.88. The molecule has 0 aliphatic carbocycles. The third-order valence-electron chi connectivity index (χ3n) is 4.61. The number of likely N-dealkylation sites (tertiary alicyclic amines) is 1. The van der Waals surface area contributed by atoms with Gasteiger partial charge in [0.2, 0.25) is 11.8 Å². The van der Waals surface area contributed by atoms with Gasteiger partial charge in [0.15, 0.2) is 0 Å². The number of anilines is 1. The standard InChI is InChI=1S/C19H28N2O2S/c1-5-14(3)24-17-8-9-18(13(2)11-17)20-19(23)16-7-6-10-21(12-16)15(4)22/h8-9,11,14,16H,5-7,10,12H2,1-4H3,(H,20,23)/t14-,16+/m0/s1. The topological polar surface area (TPSA) is 49.4 Å². The number of carbonyl (C=O) groups is 2. The van der Waals surface area contributed by atoms with Crippen molar-refractivity contribution < 1.29 is 9.59 Å². The van der Waals surface area contributed by atoms with E-state index in [2.05, 4.69) is 31.3 Å². The van der Waals surface area contributed by atoms with Gasteiger partial charge in [0, 0.05) is 35.8 Å². The van der Waals surface area contributed by atoms with Gasteiger partial charge < -0.3 is 10.2 Å². The van der Waals surface area contributed by atoms with Crippen LogP contribution >= 0.6 is 11.8 Å². The number of carbonyl (C=O) groups excluding carboxylic acids is 2. The molecule has 132 valence electrons. The highest BCUT2D eigenvalue weighted by Crippen LogP contribution is 2.29. The molecule has 1 aliphatic heterocycles. The fraction of sp³-hybridized carbons (Fsp3) is 0.579. The zero-order chi connectivity index (χ0) is 17.7. The summed E-state index contributed by atoms with van der Waals surface area (Å²) in [6, 6.07) is 6.20. The summed E-state index contributed by atoms with van der Waals surface area (Å²) in [6.07, 6.45) is 2.87. The Morgan fingerprint density at radius 3 is 2.79 bits per heavy atom. The Morgan fingerprint density at radius 1 is 1.42 bits per heavy atom. The SMILES string of the molecule is CC[C@H](C)Sc1ccc(NC(=O)[C@@H]2CCCN(C(C)=O)C2)c(C)c1. The van der Waals surface area contributed by atoms with E-state index in [1.54, 1.807) is 11.8 Å². The lowest BCUT2D eigenvalue weighted by atomic mass is 9.97. The predicted molar refractivity (Wildman–Crippen MR) is 100 cm³/mol. The van der Waals surface area contributed by atoms with Crippen LogP contribution in [0.15, 0.2) is 23.1 Å². The van der Waals surface area contributed by atoms with Crippen molar-refractivity contribution >= 4 is 29.3 Å². The molecule has 4 nitrogen and oxygen atoms in total. The fourth-order valence-corrected chi connectivity index (χ4v) is 3.90. The van der Waals surface area contributed by atoms with Crippen LogP contribution in [0.5, 0.6) is 0 Å². The first-order valence-corrected chi connectivity index (χ1v) is 9.62. The van der Waals surface area contributed by atoms with E-state index in [9.17, 15) is 9.59 Å². The van der Waals surface area contributed by atoms with Crippen molar-refractivity contribution in [3.63, 3.8) is 0 Å². The van der Waals surface area contributed by atoms with E-state index in [4.69, 9.17) is 0 Å². The summed E-state index contributed by atoms with van der Waals surface area (Å²) in [4.78, 5) is 27.1. The van der Waals surface area contributed by atoms with Crippen LogP contribution in [0.25, 0.3) is 0 Å². The van der Waals surface area contributed by atoms with Gasteiger partial charge in [-0.05, 0) is 49.9 Å². The monoisotopic (exact) mass is 348 g/mol. The molecule has 0 bridgehead atoms. The van der Waals surface area contributed by atoms with Gasteiger partial charge in [-0.2, -0.15) is 0 Å². The third kappa shape index (κ3) is 5.00. The van der Waals surface area contributed by atoms with E-state index in [0.717, 1.165) is 37.1 Å². The van der Waals surface area contributed by atoms with Crippen molar-refractivity contribution in [2.24, 2.45) is 5.92 Å². The Hall–Kier alpha value is -1.49. The molecular weight excluding hydrogens is 320 g/mol. The Bertz CT molecular complexity index is 603. The molecule has 24 heavy (non-hydrogen) atoms. The number of benzene rings is 1. The average Bonchev–Trinajstić information content (AvgIpc) is 2.57. The summed E-state index contributed by atoms with van der Waals surface area (Å²) in [5, 5.41) is 3.64. The highest BCUT2D eigenvalue weighted by atomic mass is 32.2. The minimum atomic E-state index is -0.115. The normalized spacial score (nSPS) is 19.0. The molecule has 2 atom stereocenters. The maximum absolute atomic E-state index is 12.5. The van der Waals surface area contributed by atoms with Gasteiger partial charge >= 0.3 is 0 Å². The second-order valence-corrected chi connectivity index (χ2v) is 8.12. The molecule has 0 spiro atoms. The molecule has 0 saturated carbocycles. The second kappa shape index (κ2) is 8.56. The molecule has 1 aliphatic rings. The summed E-state index contributed by atoms with van der Waals surface area (Å²) < 4.78 is 0. The lowest BCUT2D eigenvalue weighted by molar-refractivity contribution is -0.132. The Labute approximate surface area is 149 Å². The number of thioether (sulfide) groups is 1. The molecule has 0 aromatic heterocycles. The number of aryl methyl sites for hydroxylation is 1. The van der Waals surface area contributed by atoms with Crippen LogP contribution in [0.3, 0.4) is 0 Å². The average molecular weight is 349 g/mol. The number of nitrogens with zero attached hydrogens (tertiary/aromatic N) is 1. The maximum Gasteiger partial charge on any atom is 0.229 e. The van der Waals surface area contributed by atoms with Crippen molar-refractivity contribution in [2.45, 2.75) is 57.1 Å². The predicted octanol–water partition coefficient (Wildman–Crippen LogP) is 4.08. The van der Waals surface area contributed by atoms with Crippen LogP contribution in [-0.2, 0) is 9.59 Å². The number of amides is 2. The molecule has 1 N–H and O–H groups in total. The van der Waals surface area contributed by atoms with Gasteiger partial charge in [-0.25, -0.2) is 0 Å².